The van der Waals surface area contributed by atoms with Crippen molar-refractivity contribution in [2.75, 3.05) is 26.2 Å². The van der Waals surface area contributed by atoms with Gasteiger partial charge in [-0.15, -0.1) is 11.6 Å². The Labute approximate surface area is 143 Å². The number of nitrogens with zero attached hydrogens (tertiary/aromatic N) is 2. The van der Waals surface area contributed by atoms with E-state index in [0.717, 1.165) is 38.3 Å². The normalized spacial score (nSPS) is 26.3. The van der Waals surface area contributed by atoms with E-state index in [-0.39, 0.29) is 11.4 Å². The van der Waals surface area contributed by atoms with E-state index >= 15 is 0 Å². The summed E-state index contributed by atoms with van der Waals surface area (Å²) in [6.45, 7) is 9.99. The highest BCUT2D eigenvalue weighted by atomic mass is 35.5. The summed E-state index contributed by atoms with van der Waals surface area (Å²) in [5.74, 6) is 0.0186. The summed E-state index contributed by atoms with van der Waals surface area (Å²) in [5.41, 5.74) is 2.13. The number of benzene rings is 1. The Hall–Kier alpha value is -1.52. The zero-order valence-electron chi connectivity index (χ0n) is 13.6. The first-order chi connectivity index (χ1) is 11.0. The van der Waals surface area contributed by atoms with Gasteiger partial charge in [-0.2, -0.15) is 0 Å². The zero-order valence-corrected chi connectivity index (χ0v) is 14.4. The second-order valence-electron chi connectivity index (χ2n) is 6.47. The zero-order chi connectivity index (χ0) is 16.4. The molecule has 0 aliphatic carbocycles. The quantitative estimate of drug-likeness (QED) is 0.861. The molecule has 2 aliphatic heterocycles. The smallest absolute Gasteiger partial charge is 0.240 e. The Morgan fingerprint density at radius 3 is 2.74 bits per heavy atom. The minimum absolute atomic E-state index is 0.0186. The van der Waals surface area contributed by atoms with Gasteiger partial charge in [-0.05, 0) is 18.9 Å². The fourth-order valence-corrected chi connectivity index (χ4v) is 3.82. The average molecular weight is 334 g/mol. The molecule has 1 spiro atoms. The molecular weight excluding hydrogens is 310 g/mol. The molecule has 2 fully saturated rings. The molecule has 5 heteroatoms. The van der Waals surface area contributed by atoms with E-state index in [0.29, 0.717) is 6.54 Å². The predicted octanol–water partition coefficient (Wildman–Crippen LogP) is 2.20. The lowest BCUT2D eigenvalue weighted by molar-refractivity contribution is -0.135. The Bertz CT molecular complexity index is 589. The van der Waals surface area contributed by atoms with E-state index in [1.54, 1.807) is 6.92 Å². The lowest BCUT2D eigenvalue weighted by Crippen LogP contribution is -2.63. The minimum Gasteiger partial charge on any atom is -0.387 e. The SMILES string of the molecule is C=C1NCCC12CN(C(=O)C(C)Cl)CCN2Cc1ccccc1. The first-order valence-electron chi connectivity index (χ1n) is 8.18. The molecular formula is C18H24ClN3O. The summed E-state index contributed by atoms with van der Waals surface area (Å²) in [6.07, 6.45) is 0.971. The van der Waals surface area contributed by atoms with E-state index in [2.05, 4.69) is 41.1 Å². The van der Waals surface area contributed by atoms with Gasteiger partial charge in [0, 0.05) is 38.4 Å². The van der Waals surface area contributed by atoms with Crippen molar-refractivity contribution in [3.8, 4) is 0 Å². The van der Waals surface area contributed by atoms with Gasteiger partial charge >= 0.3 is 0 Å². The number of nitrogens with one attached hydrogen (secondary N) is 1. The van der Waals surface area contributed by atoms with Crippen LogP contribution in [-0.2, 0) is 11.3 Å². The average Bonchev–Trinajstić information content (AvgIpc) is 2.91. The highest BCUT2D eigenvalue weighted by Gasteiger charge is 2.47. The standard InChI is InChI=1S/C18H24ClN3O/c1-14(19)17(23)21-10-11-22(12-16-6-4-3-5-7-16)18(13-21)8-9-20-15(18)2/h3-7,14,20H,2,8-13H2,1H3. The number of carbonyl (C=O) groups excluding carboxylic acids is 1. The molecule has 1 aromatic rings. The number of piperazine rings is 1. The summed E-state index contributed by atoms with van der Waals surface area (Å²) in [7, 11) is 0. The molecule has 1 aromatic carbocycles. The summed E-state index contributed by atoms with van der Waals surface area (Å²) in [4.78, 5) is 16.7. The van der Waals surface area contributed by atoms with Crippen LogP contribution in [0.3, 0.4) is 0 Å². The van der Waals surface area contributed by atoms with Gasteiger partial charge in [0.15, 0.2) is 0 Å². The topological polar surface area (TPSA) is 35.6 Å². The summed E-state index contributed by atoms with van der Waals surface area (Å²) in [6, 6.07) is 10.5. The van der Waals surface area contributed by atoms with E-state index in [1.807, 2.05) is 11.0 Å². The van der Waals surface area contributed by atoms with Crippen molar-refractivity contribution in [3.05, 3.63) is 48.2 Å². The third kappa shape index (κ3) is 3.10. The van der Waals surface area contributed by atoms with Gasteiger partial charge in [-0.3, -0.25) is 9.69 Å². The maximum atomic E-state index is 12.3. The van der Waals surface area contributed by atoms with E-state index in [9.17, 15) is 4.79 Å². The number of hydrogen-bond donors (Lipinski definition) is 1. The van der Waals surface area contributed by atoms with Crippen LogP contribution in [0.15, 0.2) is 42.6 Å². The minimum atomic E-state index is -0.477. The number of alkyl halides is 1. The maximum Gasteiger partial charge on any atom is 0.240 e. The van der Waals surface area contributed by atoms with Crippen LogP contribution in [0.4, 0.5) is 0 Å². The maximum absolute atomic E-state index is 12.3. The van der Waals surface area contributed by atoms with Crippen molar-refractivity contribution in [2.24, 2.45) is 0 Å². The van der Waals surface area contributed by atoms with Crippen molar-refractivity contribution in [1.29, 1.82) is 0 Å². The molecule has 0 saturated carbocycles. The van der Waals surface area contributed by atoms with Gasteiger partial charge in [-0.25, -0.2) is 0 Å². The number of carbonyl (C=O) groups is 1. The van der Waals surface area contributed by atoms with Crippen LogP contribution >= 0.6 is 11.6 Å². The molecule has 2 unspecified atom stereocenters. The second-order valence-corrected chi connectivity index (χ2v) is 7.12. The summed E-state index contributed by atoms with van der Waals surface area (Å²) < 4.78 is 0. The highest BCUT2D eigenvalue weighted by molar-refractivity contribution is 6.30. The summed E-state index contributed by atoms with van der Waals surface area (Å²) in [5, 5.41) is 2.90. The molecule has 1 N–H and O–H groups in total. The van der Waals surface area contributed by atoms with Gasteiger partial charge < -0.3 is 10.2 Å². The van der Waals surface area contributed by atoms with Crippen molar-refractivity contribution in [1.82, 2.24) is 15.1 Å². The van der Waals surface area contributed by atoms with Crippen molar-refractivity contribution in [2.45, 2.75) is 30.8 Å². The molecule has 0 aromatic heterocycles. The molecule has 124 valence electrons. The first-order valence-corrected chi connectivity index (χ1v) is 8.62. The van der Waals surface area contributed by atoms with Crippen LogP contribution in [0.25, 0.3) is 0 Å². The second kappa shape index (κ2) is 6.54. The van der Waals surface area contributed by atoms with Crippen molar-refractivity contribution >= 4 is 17.5 Å². The number of amides is 1. The van der Waals surface area contributed by atoms with Gasteiger partial charge in [0.1, 0.15) is 5.38 Å². The van der Waals surface area contributed by atoms with Gasteiger partial charge in [0.25, 0.3) is 0 Å². The van der Waals surface area contributed by atoms with E-state index < -0.39 is 5.38 Å². The van der Waals surface area contributed by atoms with Crippen molar-refractivity contribution < 1.29 is 4.79 Å². The van der Waals surface area contributed by atoms with Gasteiger partial charge in [0.2, 0.25) is 5.91 Å². The lowest BCUT2D eigenvalue weighted by atomic mass is 9.89. The largest absolute Gasteiger partial charge is 0.387 e. The first kappa shape index (κ1) is 16.3. The Morgan fingerprint density at radius 2 is 2.13 bits per heavy atom. The molecule has 4 nitrogen and oxygen atoms in total. The van der Waals surface area contributed by atoms with E-state index in [4.69, 9.17) is 11.6 Å². The van der Waals surface area contributed by atoms with Crippen LogP contribution in [0.2, 0.25) is 0 Å². The molecule has 2 atom stereocenters. The van der Waals surface area contributed by atoms with Gasteiger partial charge in [0.05, 0.1) is 5.54 Å². The predicted molar refractivity (Wildman–Crippen MR) is 93.2 cm³/mol. The molecule has 23 heavy (non-hydrogen) atoms. The third-order valence-electron chi connectivity index (χ3n) is 5.00. The fraction of sp³-hybridized carbons (Fsp3) is 0.500. The third-order valence-corrected chi connectivity index (χ3v) is 5.19. The molecule has 0 bridgehead atoms. The molecule has 1 amide bonds. The molecule has 2 heterocycles. The fourth-order valence-electron chi connectivity index (χ4n) is 3.68. The van der Waals surface area contributed by atoms with Crippen LogP contribution in [0.5, 0.6) is 0 Å². The number of hydrogen-bond acceptors (Lipinski definition) is 3. The van der Waals surface area contributed by atoms with Crippen LogP contribution in [0, 0.1) is 0 Å². The lowest BCUT2D eigenvalue weighted by Gasteiger charge is -2.49. The number of halogens is 1. The summed E-state index contributed by atoms with van der Waals surface area (Å²) >= 11 is 6.02. The Morgan fingerprint density at radius 1 is 1.39 bits per heavy atom. The monoisotopic (exact) mass is 333 g/mol. The van der Waals surface area contributed by atoms with Crippen LogP contribution < -0.4 is 5.32 Å². The number of rotatable bonds is 3. The van der Waals surface area contributed by atoms with Crippen molar-refractivity contribution in [3.63, 3.8) is 0 Å². The van der Waals surface area contributed by atoms with Gasteiger partial charge in [-0.1, -0.05) is 36.9 Å². The van der Waals surface area contributed by atoms with E-state index in [1.165, 1.54) is 5.56 Å². The highest BCUT2D eigenvalue weighted by Crippen LogP contribution is 2.35. The Kier molecular flexibility index (Phi) is 4.64. The molecule has 2 aliphatic rings. The molecule has 3 rings (SSSR count). The molecule has 0 radical (unpaired) electrons. The van der Waals surface area contributed by atoms with Crippen LogP contribution in [0.1, 0.15) is 18.9 Å². The molecule has 2 saturated heterocycles. The Balaban J connectivity index is 1.83. The van der Waals surface area contributed by atoms with Crippen LogP contribution in [-0.4, -0.2) is 52.8 Å².